The van der Waals surface area contributed by atoms with E-state index < -0.39 is 18.1 Å². The molecule has 0 spiro atoms. The second kappa shape index (κ2) is 8.56. The number of terminal acetylenes is 1. The Morgan fingerprint density at radius 1 is 1.31 bits per heavy atom. The highest BCUT2D eigenvalue weighted by Gasteiger charge is 2.12. The minimum Gasteiger partial charge on any atom is -0.479 e. The van der Waals surface area contributed by atoms with Gasteiger partial charge in [-0.05, 0) is 6.42 Å². The predicted molar refractivity (Wildman–Crippen MR) is 57.7 cm³/mol. The van der Waals surface area contributed by atoms with Crippen molar-refractivity contribution in [2.75, 3.05) is 13.1 Å². The molecular weight excluding hydrogens is 212 g/mol. The minimum atomic E-state index is -1.44. The van der Waals surface area contributed by atoms with E-state index in [1.807, 2.05) is 0 Å². The molecule has 2 amide bonds. The number of urea groups is 1. The molecule has 4 N–H and O–H groups in total. The van der Waals surface area contributed by atoms with Crippen LogP contribution in [0.1, 0.15) is 19.3 Å². The maximum atomic E-state index is 11.1. The van der Waals surface area contributed by atoms with Crippen molar-refractivity contribution >= 4 is 12.0 Å². The number of carbonyl (C=O) groups is 2. The van der Waals surface area contributed by atoms with Gasteiger partial charge in [-0.1, -0.05) is 0 Å². The SMILES string of the molecule is C#CCCCNC(=O)NCC[C@H](O)C(=O)O. The maximum Gasteiger partial charge on any atom is 0.332 e. The van der Waals surface area contributed by atoms with Crippen LogP contribution < -0.4 is 10.6 Å². The highest BCUT2D eigenvalue weighted by Crippen LogP contribution is 1.89. The first-order valence-electron chi connectivity index (χ1n) is 4.94. The highest BCUT2D eigenvalue weighted by atomic mass is 16.4. The fraction of sp³-hybridized carbons (Fsp3) is 0.600. The summed E-state index contributed by atoms with van der Waals surface area (Å²) >= 11 is 0. The number of carbonyl (C=O) groups excluding carboxylic acids is 1. The Morgan fingerprint density at radius 3 is 2.50 bits per heavy atom. The van der Waals surface area contributed by atoms with Crippen LogP contribution in [0.2, 0.25) is 0 Å². The van der Waals surface area contributed by atoms with Gasteiger partial charge in [-0.3, -0.25) is 0 Å². The predicted octanol–water partition coefficient (Wildman–Crippen LogP) is -0.465. The van der Waals surface area contributed by atoms with Gasteiger partial charge in [0, 0.05) is 25.9 Å². The molecule has 0 aromatic heterocycles. The van der Waals surface area contributed by atoms with Crippen LogP contribution >= 0.6 is 0 Å². The molecule has 0 bridgehead atoms. The summed E-state index contributed by atoms with van der Waals surface area (Å²) in [5.74, 6) is 1.15. The van der Waals surface area contributed by atoms with Crippen molar-refractivity contribution in [2.45, 2.75) is 25.4 Å². The number of amides is 2. The molecule has 0 aliphatic heterocycles. The maximum absolute atomic E-state index is 11.1. The molecule has 0 aromatic carbocycles. The summed E-state index contributed by atoms with van der Waals surface area (Å²) in [6.07, 6.45) is 4.85. The topological polar surface area (TPSA) is 98.7 Å². The summed E-state index contributed by atoms with van der Waals surface area (Å²) in [5.41, 5.74) is 0. The quantitative estimate of drug-likeness (QED) is 0.350. The van der Waals surface area contributed by atoms with E-state index in [0.717, 1.165) is 0 Å². The van der Waals surface area contributed by atoms with Gasteiger partial charge in [0.15, 0.2) is 6.10 Å². The molecular formula is C10H16N2O4. The summed E-state index contributed by atoms with van der Waals surface area (Å²) in [6, 6.07) is -0.394. The third-order valence-electron chi connectivity index (χ3n) is 1.77. The Bertz CT molecular complexity index is 272. The van der Waals surface area contributed by atoms with Crippen molar-refractivity contribution in [1.29, 1.82) is 0 Å². The van der Waals surface area contributed by atoms with Crippen LogP contribution in [0.15, 0.2) is 0 Å². The Kier molecular flexibility index (Phi) is 7.63. The van der Waals surface area contributed by atoms with Crippen molar-refractivity contribution in [2.24, 2.45) is 0 Å². The standard InChI is InChI=1S/C10H16N2O4/c1-2-3-4-6-11-10(16)12-7-5-8(13)9(14)15/h1,8,13H,3-7H2,(H,14,15)(H2,11,12,16)/t8-/m0/s1. The molecule has 6 nitrogen and oxygen atoms in total. The number of carboxylic acids is 1. The first-order chi connectivity index (χ1) is 7.57. The average molecular weight is 228 g/mol. The highest BCUT2D eigenvalue weighted by molar-refractivity contribution is 5.74. The molecule has 1 atom stereocenters. The molecule has 16 heavy (non-hydrogen) atoms. The fourth-order valence-corrected chi connectivity index (χ4v) is 0.901. The number of aliphatic hydroxyl groups is 1. The summed E-state index contributed by atoms with van der Waals surface area (Å²) < 4.78 is 0. The van der Waals surface area contributed by atoms with E-state index >= 15 is 0 Å². The van der Waals surface area contributed by atoms with Gasteiger partial charge in [-0.25, -0.2) is 9.59 Å². The molecule has 0 heterocycles. The lowest BCUT2D eigenvalue weighted by molar-refractivity contribution is -0.146. The lowest BCUT2D eigenvalue weighted by atomic mass is 10.2. The van der Waals surface area contributed by atoms with Crippen LogP contribution in [0.25, 0.3) is 0 Å². The van der Waals surface area contributed by atoms with Crippen LogP contribution in [0, 0.1) is 12.3 Å². The molecule has 0 rings (SSSR count). The second-order valence-electron chi connectivity index (χ2n) is 3.13. The van der Waals surface area contributed by atoms with Gasteiger partial charge < -0.3 is 20.8 Å². The molecule has 0 aliphatic carbocycles. The molecule has 0 radical (unpaired) electrons. The van der Waals surface area contributed by atoms with Gasteiger partial charge in [-0.15, -0.1) is 12.3 Å². The first-order valence-corrected chi connectivity index (χ1v) is 4.94. The molecule has 6 heteroatoms. The van der Waals surface area contributed by atoms with Crippen molar-refractivity contribution < 1.29 is 19.8 Å². The molecule has 0 aromatic rings. The van der Waals surface area contributed by atoms with Crippen LogP contribution in [0.4, 0.5) is 4.79 Å². The summed E-state index contributed by atoms with van der Waals surface area (Å²) in [7, 11) is 0. The first kappa shape index (κ1) is 14.3. The second-order valence-corrected chi connectivity index (χ2v) is 3.13. The Labute approximate surface area is 94.0 Å². The molecule has 0 aliphatic rings. The van der Waals surface area contributed by atoms with E-state index in [9.17, 15) is 9.59 Å². The van der Waals surface area contributed by atoms with Gasteiger partial charge in [0.2, 0.25) is 0 Å². The number of rotatable bonds is 7. The third kappa shape index (κ3) is 7.64. The molecule has 90 valence electrons. The van der Waals surface area contributed by atoms with Crippen molar-refractivity contribution in [3.05, 3.63) is 0 Å². The van der Waals surface area contributed by atoms with Crippen LogP contribution in [-0.2, 0) is 4.79 Å². The van der Waals surface area contributed by atoms with E-state index in [-0.39, 0.29) is 13.0 Å². The Balaban J connectivity index is 3.44. The third-order valence-corrected chi connectivity index (χ3v) is 1.77. The van der Waals surface area contributed by atoms with Gasteiger partial charge in [0.05, 0.1) is 0 Å². The van der Waals surface area contributed by atoms with Gasteiger partial charge in [0.1, 0.15) is 0 Å². The van der Waals surface area contributed by atoms with Crippen molar-refractivity contribution in [1.82, 2.24) is 10.6 Å². The Hall–Kier alpha value is -1.74. The number of hydrogen-bond donors (Lipinski definition) is 4. The van der Waals surface area contributed by atoms with Crippen LogP contribution in [0.3, 0.4) is 0 Å². The van der Waals surface area contributed by atoms with E-state index in [1.165, 1.54) is 0 Å². The van der Waals surface area contributed by atoms with Gasteiger partial charge in [-0.2, -0.15) is 0 Å². The van der Waals surface area contributed by atoms with E-state index in [2.05, 4.69) is 16.6 Å². The number of aliphatic hydroxyl groups excluding tert-OH is 1. The van der Waals surface area contributed by atoms with E-state index in [1.54, 1.807) is 0 Å². The largest absolute Gasteiger partial charge is 0.479 e. The van der Waals surface area contributed by atoms with Crippen molar-refractivity contribution in [3.8, 4) is 12.3 Å². The molecule has 0 saturated carbocycles. The Morgan fingerprint density at radius 2 is 1.94 bits per heavy atom. The van der Waals surface area contributed by atoms with Crippen LogP contribution in [0.5, 0.6) is 0 Å². The smallest absolute Gasteiger partial charge is 0.332 e. The number of unbranched alkanes of at least 4 members (excludes halogenated alkanes) is 1. The number of aliphatic carboxylic acids is 1. The number of nitrogens with one attached hydrogen (secondary N) is 2. The summed E-state index contributed by atoms with van der Waals surface area (Å²) in [5, 5.41) is 22.2. The summed E-state index contributed by atoms with van der Waals surface area (Å²) in [4.78, 5) is 21.3. The zero-order chi connectivity index (χ0) is 12.4. The fourth-order valence-electron chi connectivity index (χ4n) is 0.901. The number of hydrogen-bond acceptors (Lipinski definition) is 3. The summed E-state index contributed by atoms with van der Waals surface area (Å²) in [6.45, 7) is 0.575. The molecule has 0 saturated heterocycles. The number of carboxylic acid groups (broad SMARTS) is 1. The average Bonchev–Trinajstić information content (AvgIpc) is 2.24. The van der Waals surface area contributed by atoms with E-state index in [4.69, 9.17) is 16.6 Å². The van der Waals surface area contributed by atoms with Crippen LogP contribution in [-0.4, -0.2) is 41.4 Å². The minimum absolute atomic E-state index is 0.0207. The monoisotopic (exact) mass is 228 g/mol. The van der Waals surface area contributed by atoms with Gasteiger partial charge in [0.25, 0.3) is 0 Å². The van der Waals surface area contributed by atoms with Crippen molar-refractivity contribution in [3.63, 3.8) is 0 Å². The van der Waals surface area contributed by atoms with E-state index in [0.29, 0.717) is 19.4 Å². The molecule has 0 fully saturated rings. The zero-order valence-electron chi connectivity index (χ0n) is 8.90. The zero-order valence-corrected chi connectivity index (χ0v) is 8.90. The molecule has 0 unspecified atom stereocenters. The van der Waals surface area contributed by atoms with Gasteiger partial charge >= 0.3 is 12.0 Å². The lowest BCUT2D eigenvalue weighted by Crippen LogP contribution is -2.38. The normalized spacial score (nSPS) is 11.2. The lowest BCUT2D eigenvalue weighted by Gasteiger charge is -2.08.